The van der Waals surface area contributed by atoms with Gasteiger partial charge in [0.15, 0.2) is 0 Å². The smallest absolute Gasteiger partial charge is 0.146 e. The summed E-state index contributed by atoms with van der Waals surface area (Å²) in [7, 11) is 0. The minimum absolute atomic E-state index is 0.506. The largest absolute Gasteiger partial charge is 0.382 e. The predicted molar refractivity (Wildman–Crippen MR) is 40.4 cm³/mol. The Morgan fingerprint density at radius 2 is 2.40 bits per heavy atom. The normalized spacial score (nSPS) is 9.70. The summed E-state index contributed by atoms with van der Waals surface area (Å²) in [6.45, 7) is 2.12. The third-order valence-corrected chi connectivity index (χ3v) is 1.27. The molecule has 0 aliphatic rings. The van der Waals surface area contributed by atoms with Crippen LogP contribution >= 0.6 is 0 Å². The van der Waals surface area contributed by atoms with Crippen LogP contribution in [0.1, 0.15) is 18.9 Å². The molecule has 0 aliphatic heterocycles. The summed E-state index contributed by atoms with van der Waals surface area (Å²) >= 11 is 0. The molecule has 1 heterocycles. The molecule has 0 aromatic carbocycles. The first kappa shape index (κ1) is 6.99. The molecule has 1 aromatic rings. The molecule has 54 valence electrons. The first-order valence-corrected chi connectivity index (χ1v) is 3.40. The van der Waals surface area contributed by atoms with E-state index in [0.29, 0.717) is 5.82 Å². The van der Waals surface area contributed by atoms with Crippen LogP contribution in [-0.2, 0) is 6.42 Å². The predicted octanol–water partition coefficient (Wildman–Crippen LogP) is 1.01. The number of aromatic nitrogens is 2. The van der Waals surface area contributed by atoms with Crippen LogP contribution < -0.4 is 5.73 Å². The van der Waals surface area contributed by atoms with Crippen molar-refractivity contribution >= 4 is 5.82 Å². The van der Waals surface area contributed by atoms with E-state index in [-0.39, 0.29) is 0 Å². The van der Waals surface area contributed by atoms with Crippen molar-refractivity contribution in [1.82, 2.24) is 10.2 Å². The second kappa shape index (κ2) is 3.15. The van der Waals surface area contributed by atoms with E-state index in [1.165, 1.54) is 0 Å². The van der Waals surface area contributed by atoms with Crippen molar-refractivity contribution in [1.29, 1.82) is 0 Å². The Bertz CT molecular complexity index is 210. The fraction of sp³-hybridized carbons (Fsp3) is 0.429. The van der Waals surface area contributed by atoms with E-state index in [1.54, 1.807) is 6.20 Å². The van der Waals surface area contributed by atoms with Gasteiger partial charge in [-0.1, -0.05) is 13.3 Å². The van der Waals surface area contributed by atoms with E-state index in [9.17, 15) is 0 Å². The van der Waals surface area contributed by atoms with Crippen LogP contribution in [0.2, 0.25) is 0 Å². The number of hydrogen-bond acceptors (Lipinski definition) is 3. The van der Waals surface area contributed by atoms with E-state index in [2.05, 4.69) is 17.1 Å². The van der Waals surface area contributed by atoms with Crippen molar-refractivity contribution in [3.05, 3.63) is 17.8 Å². The van der Waals surface area contributed by atoms with Gasteiger partial charge in [-0.05, 0) is 18.1 Å². The van der Waals surface area contributed by atoms with Crippen LogP contribution in [0.4, 0.5) is 5.82 Å². The lowest BCUT2D eigenvalue weighted by Gasteiger charge is -1.95. The second-order valence-electron chi connectivity index (χ2n) is 2.24. The van der Waals surface area contributed by atoms with Crippen LogP contribution in [0.5, 0.6) is 0 Å². The van der Waals surface area contributed by atoms with Gasteiger partial charge in [0.25, 0.3) is 0 Å². The zero-order valence-electron chi connectivity index (χ0n) is 6.04. The van der Waals surface area contributed by atoms with Gasteiger partial charge in [-0.15, -0.1) is 5.10 Å². The highest BCUT2D eigenvalue weighted by Crippen LogP contribution is 2.02. The summed E-state index contributed by atoms with van der Waals surface area (Å²) in [5.41, 5.74) is 6.58. The van der Waals surface area contributed by atoms with Gasteiger partial charge >= 0.3 is 0 Å². The highest BCUT2D eigenvalue weighted by atomic mass is 15.1. The van der Waals surface area contributed by atoms with Crippen molar-refractivity contribution < 1.29 is 0 Å². The highest BCUT2D eigenvalue weighted by molar-refractivity contribution is 5.29. The van der Waals surface area contributed by atoms with Crippen LogP contribution in [0, 0.1) is 0 Å². The van der Waals surface area contributed by atoms with E-state index < -0.39 is 0 Å². The lowest BCUT2D eigenvalue weighted by molar-refractivity contribution is 0.895. The lowest BCUT2D eigenvalue weighted by Crippen LogP contribution is -1.94. The highest BCUT2D eigenvalue weighted by Gasteiger charge is 1.91. The number of anilines is 1. The molecule has 0 atom stereocenters. The SMILES string of the molecule is CCCc1cnnc(N)c1. The molecule has 3 heteroatoms. The average Bonchev–Trinajstić information content (AvgIpc) is 1.88. The van der Waals surface area contributed by atoms with E-state index in [4.69, 9.17) is 5.73 Å². The first-order valence-electron chi connectivity index (χ1n) is 3.40. The number of hydrogen-bond donors (Lipinski definition) is 1. The molecular weight excluding hydrogens is 126 g/mol. The lowest BCUT2D eigenvalue weighted by atomic mass is 10.2. The molecular formula is C7H11N3. The molecule has 3 nitrogen and oxygen atoms in total. The molecule has 0 spiro atoms. The standard InChI is InChI=1S/C7H11N3/c1-2-3-6-4-7(8)10-9-5-6/h4-5H,2-3H2,1H3,(H2,8,10). The molecule has 0 aliphatic carbocycles. The molecule has 0 bridgehead atoms. The van der Waals surface area contributed by atoms with Crippen LogP contribution in [0.15, 0.2) is 12.3 Å². The van der Waals surface area contributed by atoms with Gasteiger partial charge < -0.3 is 5.73 Å². The van der Waals surface area contributed by atoms with Gasteiger partial charge in [-0.25, -0.2) is 0 Å². The third kappa shape index (κ3) is 1.69. The zero-order chi connectivity index (χ0) is 7.40. The molecule has 0 unspecified atom stereocenters. The van der Waals surface area contributed by atoms with E-state index in [0.717, 1.165) is 18.4 Å². The van der Waals surface area contributed by atoms with Gasteiger partial charge in [0, 0.05) is 0 Å². The Morgan fingerprint density at radius 3 is 3.00 bits per heavy atom. The van der Waals surface area contributed by atoms with Crippen molar-refractivity contribution in [3.63, 3.8) is 0 Å². The van der Waals surface area contributed by atoms with Crippen molar-refractivity contribution in [2.45, 2.75) is 19.8 Å². The number of nitrogen functional groups attached to an aromatic ring is 1. The van der Waals surface area contributed by atoms with Gasteiger partial charge in [0.05, 0.1) is 6.20 Å². The average molecular weight is 137 g/mol. The second-order valence-corrected chi connectivity index (χ2v) is 2.24. The monoisotopic (exact) mass is 137 g/mol. The van der Waals surface area contributed by atoms with Crippen molar-refractivity contribution in [3.8, 4) is 0 Å². The fourth-order valence-corrected chi connectivity index (χ4v) is 0.851. The topological polar surface area (TPSA) is 51.8 Å². The summed E-state index contributed by atoms with van der Waals surface area (Å²) in [5.74, 6) is 0.506. The molecule has 0 radical (unpaired) electrons. The van der Waals surface area contributed by atoms with Crippen molar-refractivity contribution in [2.24, 2.45) is 0 Å². The quantitative estimate of drug-likeness (QED) is 0.661. The summed E-state index contributed by atoms with van der Waals surface area (Å²) in [4.78, 5) is 0. The Kier molecular flexibility index (Phi) is 2.20. The minimum Gasteiger partial charge on any atom is -0.382 e. The maximum Gasteiger partial charge on any atom is 0.146 e. The van der Waals surface area contributed by atoms with E-state index >= 15 is 0 Å². The summed E-state index contributed by atoms with van der Waals surface area (Å²) in [6.07, 6.45) is 3.89. The molecule has 0 amide bonds. The van der Waals surface area contributed by atoms with Gasteiger partial charge in [-0.3, -0.25) is 0 Å². The molecule has 1 rings (SSSR count). The van der Waals surface area contributed by atoms with Crippen LogP contribution in [0.3, 0.4) is 0 Å². The van der Waals surface area contributed by atoms with E-state index in [1.807, 2.05) is 6.07 Å². The Balaban J connectivity index is 2.75. The molecule has 0 saturated heterocycles. The Labute approximate surface area is 60.3 Å². The maximum absolute atomic E-state index is 5.42. The van der Waals surface area contributed by atoms with Gasteiger partial charge in [0.2, 0.25) is 0 Å². The minimum atomic E-state index is 0.506. The Hall–Kier alpha value is -1.12. The third-order valence-electron chi connectivity index (χ3n) is 1.27. The number of aryl methyl sites for hydroxylation is 1. The number of nitrogens with zero attached hydrogens (tertiary/aromatic N) is 2. The summed E-state index contributed by atoms with van der Waals surface area (Å²) in [6, 6.07) is 1.86. The molecule has 0 saturated carbocycles. The molecule has 1 aromatic heterocycles. The zero-order valence-corrected chi connectivity index (χ0v) is 6.04. The number of rotatable bonds is 2. The molecule has 0 fully saturated rings. The van der Waals surface area contributed by atoms with Crippen LogP contribution in [-0.4, -0.2) is 10.2 Å². The maximum atomic E-state index is 5.42. The number of nitrogens with two attached hydrogens (primary N) is 1. The fourth-order valence-electron chi connectivity index (χ4n) is 0.851. The van der Waals surface area contributed by atoms with Gasteiger partial charge in [-0.2, -0.15) is 5.10 Å². The summed E-state index contributed by atoms with van der Waals surface area (Å²) in [5, 5.41) is 7.38. The van der Waals surface area contributed by atoms with Crippen molar-refractivity contribution in [2.75, 3.05) is 5.73 Å². The summed E-state index contributed by atoms with van der Waals surface area (Å²) < 4.78 is 0. The van der Waals surface area contributed by atoms with Crippen LogP contribution in [0.25, 0.3) is 0 Å². The Morgan fingerprint density at radius 1 is 1.60 bits per heavy atom. The molecule has 10 heavy (non-hydrogen) atoms. The van der Waals surface area contributed by atoms with Gasteiger partial charge in [0.1, 0.15) is 5.82 Å². The first-order chi connectivity index (χ1) is 4.83. The molecule has 2 N–H and O–H groups in total.